The van der Waals surface area contributed by atoms with Gasteiger partial charge in [0.15, 0.2) is 0 Å². The van der Waals surface area contributed by atoms with E-state index in [0.717, 1.165) is 16.3 Å². The van der Waals surface area contributed by atoms with Crippen molar-refractivity contribution in [2.45, 2.75) is 22.6 Å². The summed E-state index contributed by atoms with van der Waals surface area (Å²) in [4.78, 5) is 0. The van der Waals surface area contributed by atoms with Crippen molar-refractivity contribution in [3.63, 3.8) is 0 Å². The van der Waals surface area contributed by atoms with Crippen LogP contribution in [-0.4, -0.2) is 4.21 Å². The van der Waals surface area contributed by atoms with Crippen LogP contribution in [0.5, 0.6) is 0 Å². The molecule has 0 unspecified atom stereocenters. The van der Waals surface area contributed by atoms with Gasteiger partial charge in [0.25, 0.3) is 0 Å². The minimum atomic E-state index is -4.34. The predicted octanol–water partition coefficient (Wildman–Crippen LogP) is 4.64. The Bertz CT molecular complexity index is 559. The van der Waals surface area contributed by atoms with E-state index >= 15 is 0 Å². The Balaban J connectivity index is 2.21. The third-order valence-corrected chi connectivity index (χ3v) is 5.61. The minimum Gasteiger partial charge on any atom is -0.253 e. The Morgan fingerprint density at radius 2 is 1.79 bits per heavy atom. The molecular weight excluding hydrogens is 293 g/mol. The molecule has 1 heterocycles. The lowest BCUT2D eigenvalue weighted by molar-refractivity contribution is -0.137. The average Bonchev–Trinajstić information content (AvgIpc) is 2.90. The van der Waals surface area contributed by atoms with E-state index in [1.54, 1.807) is 19.1 Å². The lowest BCUT2D eigenvalue weighted by Gasteiger charge is -2.12. The van der Waals surface area contributed by atoms with Gasteiger partial charge in [0, 0.05) is 0 Å². The Labute approximate surface area is 115 Å². The van der Waals surface area contributed by atoms with Crippen molar-refractivity contribution < 1.29 is 17.4 Å². The lowest BCUT2D eigenvalue weighted by Crippen LogP contribution is -2.06. The fourth-order valence-corrected chi connectivity index (χ4v) is 4.01. The molecule has 0 aliphatic rings. The highest BCUT2D eigenvalue weighted by atomic mass is 32.2. The van der Waals surface area contributed by atoms with Crippen molar-refractivity contribution in [3.05, 3.63) is 52.9 Å². The SMILES string of the molecule is C[C@H](c1ccc(C(F)(F)F)cc1)[S@](=O)c1cccs1. The van der Waals surface area contributed by atoms with Gasteiger partial charge < -0.3 is 0 Å². The van der Waals surface area contributed by atoms with Crippen molar-refractivity contribution in [1.82, 2.24) is 0 Å². The molecule has 0 bridgehead atoms. The van der Waals surface area contributed by atoms with Crippen LogP contribution in [0.15, 0.2) is 46.0 Å². The average molecular weight is 304 g/mol. The summed E-state index contributed by atoms with van der Waals surface area (Å²) in [6, 6.07) is 8.39. The van der Waals surface area contributed by atoms with Gasteiger partial charge in [-0.15, -0.1) is 11.3 Å². The van der Waals surface area contributed by atoms with Crippen LogP contribution in [0.4, 0.5) is 13.2 Å². The largest absolute Gasteiger partial charge is 0.416 e. The second-order valence-electron chi connectivity index (χ2n) is 3.99. The first-order valence-electron chi connectivity index (χ1n) is 5.51. The Morgan fingerprint density at radius 3 is 2.26 bits per heavy atom. The van der Waals surface area contributed by atoms with E-state index in [-0.39, 0.29) is 5.25 Å². The molecule has 0 radical (unpaired) electrons. The molecule has 2 aromatic rings. The molecule has 0 spiro atoms. The summed E-state index contributed by atoms with van der Waals surface area (Å²) in [7, 11) is -1.24. The number of rotatable bonds is 3. The molecule has 0 aliphatic carbocycles. The van der Waals surface area contributed by atoms with Gasteiger partial charge >= 0.3 is 6.18 Å². The predicted molar refractivity (Wildman–Crippen MR) is 70.6 cm³/mol. The molecular formula is C13H11F3OS2. The van der Waals surface area contributed by atoms with Crippen LogP contribution in [0.1, 0.15) is 23.3 Å². The molecule has 0 fully saturated rings. The van der Waals surface area contributed by atoms with Gasteiger partial charge in [-0.1, -0.05) is 18.2 Å². The zero-order valence-corrected chi connectivity index (χ0v) is 11.6. The number of thiophene rings is 1. The molecule has 1 aromatic carbocycles. The van der Waals surface area contributed by atoms with E-state index in [4.69, 9.17) is 0 Å². The van der Waals surface area contributed by atoms with E-state index in [1.807, 2.05) is 5.38 Å². The van der Waals surface area contributed by atoms with Crippen LogP contribution in [0, 0.1) is 0 Å². The van der Waals surface area contributed by atoms with E-state index in [2.05, 4.69) is 0 Å². The van der Waals surface area contributed by atoms with E-state index in [1.165, 1.54) is 23.5 Å². The van der Waals surface area contributed by atoms with Crippen molar-refractivity contribution >= 4 is 22.1 Å². The summed E-state index contributed by atoms with van der Waals surface area (Å²) in [5.74, 6) is 0. The number of hydrogen-bond donors (Lipinski definition) is 0. The maximum absolute atomic E-state index is 12.4. The third-order valence-electron chi connectivity index (χ3n) is 2.72. The number of hydrogen-bond acceptors (Lipinski definition) is 2. The zero-order valence-electron chi connectivity index (χ0n) is 9.98. The number of alkyl halides is 3. The Hall–Kier alpha value is -1.14. The smallest absolute Gasteiger partial charge is 0.253 e. The minimum absolute atomic E-state index is 0.332. The molecule has 2 rings (SSSR count). The number of benzene rings is 1. The molecule has 0 amide bonds. The second kappa shape index (κ2) is 5.46. The highest BCUT2D eigenvalue weighted by molar-refractivity contribution is 7.87. The maximum Gasteiger partial charge on any atom is 0.416 e. The van der Waals surface area contributed by atoms with Gasteiger partial charge in [-0.25, -0.2) is 0 Å². The first-order valence-corrected chi connectivity index (χ1v) is 7.60. The second-order valence-corrected chi connectivity index (χ2v) is 6.94. The van der Waals surface area contributed by atoms with Crippen molar-refractivity contribution in [2.75, 3.05) is 0 Å². The third kappa shape index (κ3) is 3.25. The molecule has 2 atom stereocenters. The molecule has 19 heavy (non-hydrogen) atoms. The standard InChI is InChI=1S/C13H11F3OS2/c1-9(19(17)12-3-2-8-18-12)10-4-6-11(7-5-10)13(14,15)16/h2-9H,1H3/t9-,19+/m1/s1. The topological polar surface area (TPSA) is 17.1 Å². The quantitative estimate of drug-likeness (QED) is 0.807. The fraction of sp³-hybridized carbons (Fsp3) is 0.231. The Morgan fingerprint density at radius 1 is 1.16 bits per heavy atom. The van der Waals surface area contributed by atoms with E-state index < -0.39 is 22.5 Å². The van der Waals surface area contributed by atoms with Gasteiger partial charge in [0.2, 0.25) is 0 Å². The number of halogens is 3. The van der Waals surface area contributed by atoms with Gasteiger partial charge in [-0.2, -0.15) is 13.2 Å². The van der Waals surface area contributed by atoms with Crippen LogP contribution < -0.4 is 0 Å². The van der Waals surface area contributed by atoms with Crippen LogP contribution in [0.3, 0.4) is 0 Å². The fourth-order valence-electron chi connectivity index (χ4n) is 1.62. The summed E-state index contributed by atoms with van der Waals surface area (Å²) < 4.78 is 50.2. The molecule has 1 aromatic heterocycles. The maximum atomic E-state index is 12.4. The molecule has 0 saturated heterocycles. The van der Waals surface area contributed by atoms with Crippen LogP contribution in [0.2, 0.25) is 0 Å². The molecule has 0 N–H and O–H groups in total. The molecule has 1 nitrogen and oxygen atoms in total. The summed E-state index contributed by atoms with van der Waals surface area (Å²) in [6.45, 7) is 1.75. The van der Waals surface area contributed by atoms with E-state index in [9.17, 15) is 17.4 Å². The summed E-state index contributed by atoms with van der Waals surface area (Å²) in [5, 5.41) is 1.49. The van der Waals surface area contributed by atoms with Crippen LogP contribution in [-0.2, 0) is 17.0 Å². The first-order chi connectivity index (χ1) is 8.89. The van der Waals surface area contributed by atoms with Crippen LogP contribution >= 0.6 is 11.3 Å². The summed E-state index contributed by atoms with van der Waals surface area (Å²) >= 11 is 1.38. The van der Waals surface area contributed by atoms with Gasteiger partial charge in [0.05, 0.1) is 25.8 Å². The van der Waals surface area contributed by atoms with E-state index in [0.29, 0.717) is 5.56 Å². The highest BCUT2D eigenvalue weighted by Crippen LogP contribution is 2.32. The summed E-state index contributed by atoms with van der Waals surface area (Å²) in [6.07, 6.45) is -4.34. The van der Waals surface area contributed by atoms with Crippen LogP contribution in [0.25, 0.3) is 0 Å². The van der Waals surface area contributed by atoms with Crippen molar-refractivity contribution in [1.29, 1.82) is 0 Å². The highest BCUT2D eigenvalue weighted by Gasteiger charge is 2.30. The first kappa shape index (κ1) is 14.3. The molecule has 102 valence electrons. The monoisotopic (exact) mass is 304 g/mol. The van der Waals surface area contributed by atoms with Gasteiger partial charge in [0.1, 0.15) is 0 Å². The molecule has 6 heteroatoms. The van der Waals surface area contributed by atoms with Gasteiger partial charge in [-0.3, -0.25) is 4.21 Å². The van der Waals surface area contributed by atoms with Gasteiger partial charge in [-0.05, 0) is 36.1 Å². The Kier molecular flexibility index (Phi) is 4.10. The van der Waals surface area contributed by atoms with Crippen molar-refractivity contribution in [3.8, 4) is 0 Å². The molecule has 0 aliphatic heterocycles. The lowest BCUT2D eigenvalue weighted by atomic mass is 10.1. The summed E-state index contributed by atoms with van der Waals surface area (Å²) in [5.41, 5.74) is -0.0508. The van der Waals surface area contributed by atoms with Crippen molar-refractivity contribution in [2.24, 2.45) is 0 Å². The zero-order chi connectivity index (χ0) is 14.0. The normalized spacial score (nSPS) is 15.2. The molecule has 0 saturated carbocycles.